The highest BCUT2D eigenvalue weighted by Gasteiger charge is 2.22. The number of aromatic amines is 1. The van der Waals surface area contributed by atoms with Gasteiger partial charge in [0.25, 0.3) is 0 Å². The Kier molecular flexibility index (Phi) is 6.03. The molecule has 0 bridgehead atoms. The number of nitrogens with one attached hydrogen (secondary N) is 2. The fourth-order valence-electron chi connectivity index (χ4n) is 1.86. The lowest BCUT2D eigenvalue weighted by Crippen LogP contribution is -2.30. The molecular formula is C13H25N3O2S. The second-order valence-corrected chi connectivity index (χ2v) is 7.26. The summed E-state index contributed by atoms with van der Waals surface area (Å²) in [6, 6.07) is 1.70. The minimum Gasteiger partial charge on any atom is -0.363 e. The van der Waals surface area contributed by atoms with E-state index >= 15 is 0 Å². The van der Waals surface area contributed by atoms with Crippen LogP contribution in [0.5, 0.6) is 0 Å². The molecule has 0 radical (unpaired) electrons. The lowest BCUT2D eigenvalue weighted by Gasteiger charge is -2.18. The normalized spacial score (nSPS) is 12.5. The average molecular weight is 287 g/mol. The van der Waals surface area contributed by atoms with Gasteiger partial charge in [0, 0.05) is 32.0 Å². The lowest BCUT2D eigenvalue weighted by molar-refractivity contribution is 0.417. The number of aromatic nitrogens is 1. The molecule has 110 valence electrons. The summed E-state index contributed by atoms with van der Waals surface area (Å²) in [6.07, 6.45) is 2.62. The Hall–Kier alpha value is -0.850. The van der Waals surface area contributed by atoms with Crippen LogP contribution in [0.15, 0.2) is 17.2 Å². The first-order valence-corrected chi connectivity index (χ1v) is 8.16. The van der Waals surface area contributed by atoms with Crippen LogP contribution in [0.3, 0.4) is 0 Å². The van der Waals surface area contributed by atoms with E-state index in [1.165, 1.54) is 4.31 Å². The van der Waals surface area contributed by atoms with Crippen molar-refractivity contribution in [1.29, 1.82) is 0 Å². The lowest BCUT2D eigenvalue weighted by atomic mass is 10.2. The minimum atomic E-state index is -3.37. The highest BCUT2D eigenvalue weighted by molar-refractivity contribution is 7.89. The first-order chi connectivity index (χ1) is 8.87. The molecule has 1 rings (SSSR count). The number of hydrogen-bond donors (Lipinski definition) is 2. The molecule has 2 N–H and O–H groups in total. The third-order valence-electron chi connectivity index (χ3n) is 2.79. The van der Waals surface area contributed by atoms with Crippen LogP contribution >= 0.6 is 0 Å². The van der Waals surface area contributed by atoms with Gasteiger partial charge in [-0.25, -0.2) is 12.7 Å². The number of nitrogens with zero attached hydrogens (tertiary/aromatic N) is 1. The van der Waals surface area contributed by atoms with Gasteiger partial charge in [-0.2, -0.15) is 0 Å². The van der Waals surface area contributed by atoms with Crippen molar-refractivity contribution in [3.8, 4) is 0 Å². The predicted octanol–water partition coefficient (Wildman–Crippen LogP) is 1.79. The molecule has 19 heavy (non-hydrogen) atoms. The van der Waals surface area contributed by atoms with Gasteiger partial charge in [-0.1, -0.05) is 20.8 Å². The summed E-state index contributed by atoms with van der Waals surface area (Å²) in [5.41, 5.74) is 0.893. The third-order valence-corrected chi connectivity index (χ3v) is 4.59. The van der Waals surface area contributed by atoms with Gasteiger partial charge in [0.1, 0.15) is 0 Å². The van der Waals surface area contributed by atoms with E-state index in [-0.39, 0.29) is 0 Å². The maximum atomic E-state index is 12.3. The van der Waals surface area contributed by atoms with Crippen LogP contribution in [0.4, 0.5) is 0 Å². The Morgan fingerprint density at radius 2 is 2.11 bits per heavy atom. The van der Waals surface area contributed by atoms with Crippen LogP contribution in [-0.4, -0.2) is 37.8 Å². The third kappa shape index (κ3) is 4.63. The molecule has 5 nitrogen and oxygen atoms in total. The Bertz CT molecular complexity index is 480. The largest absolute Gasteiger partial charge is 0.363 e. The number of hydrogen-bond acceptors (Lipinski definition) is 3. The molecule has 0 saturated carbocycles. The summed E-state index contributed by atoms with van der Waals surface area (Å²) in [4.78, 5) is 3.35. The van der Waals surface area contributed by atoms with Crippen molar-refractivity contribution >= 4 is 10.0 Å². The van der Waals surface area contributed by atoms with Crippen molar-refractivity contribution < 1.29 is 8.42 Å². The monoisotopic (exact) mass is 287 g/mol. The molecule has 6 heteroatoms. The number of H-pyrrole nitrogens is 1. The van der Waals surface area contributed by atoms with Crippen LogP contribution < -0.4 is 5.32 Å². The van der Waals surface area contributed by atoms with E-state index in [4.69, 9.17) is 0 Å². The molecule has 0 atom stereocenters. The molecular weight excluding hydrogens is 262 g/mol. The summed E-state index contributed by atoms with van der Waals surface area (Å²) >= 11 is 0. The summed E-state index contributed by atoms with van der Waals surface area (Å²) in [6.45, 7) is 8.22. The van der Waals surface area contributed by atoms with Crippen molar-refractivity contribution in [3.05, 3.63) is 18.0 Å². The van der Waals surface area contributed by atoms with Crippen molar-refractivity contribution in [3.63, 3.8) is 0 Å². The van der Waals surface area contributed by atoms with Crippen LogP contribution in [0.1, 0.15) is 32.9 Å². The smallest absolute Gasteiger partial charge is 0.244 e. The second-order valence-electron chi connectivity index (χ2n) is 5.22. The van der Waals surface area contributed by atoms with Gasteiger partial charge in [-0.15, -0.1) is 0 Å². The van der Waals surface area contributed by atoms with Gasteiger partial charge in [0.2, 0.25) is 10.0 Å². The molecule has 0 spiro atoms. The van der Waals surface area contributed by atoms with Crippen molar-refractivity contribution in [2.24, 2.45) is 5.92 Å². The van der Waals surface area contributed by atoms with Gasteiger partial charge in [-0.3, -0.25) is 0 Å². The molecule has 1 aromatic heterocycles. The second kappa shape index (κ2) is 7.07. The SMILES string of the molecule is CCCNCc1cc(S(=O)(=O)N(C)CC(C)C)c[nH]1. The van der Waals surface area contributed by atoms with E-state index < -0.39 is 10.0 Å². The predicted molar refractivity (Wildman–Crippen MR) is 77.4 cm³/mol. The molecule has 0 aromatic carbocycles. The van der Waals surface area contributed by atoms with E-state index in [0.717, 1.165) is 18.7 Å². The molecule has 0 aliphatic carbocycles. The molecule has 0 fully saturated rings. The summed E-state index contributed by atoms with van der Waals surface area (Å²) in [5.74, 6) is 0.310. The van der Waals surface area contributed by atoms with E-state index in [0.29, 0.717) is 23.9 Å². The minimum absolute atomic E-state index is 0.310. The van der Waals surface area contributed by atoms with E-state index in [1.807, 2.05) is 13.8 Å². The van der Waals surface area contributed by atoms with Crippen LogP contribution in [0.2, 0.25) is 0 Å². The van der Waals surface area contributed by atoms with Gasteiger partial charge in [-0.05, 0) is 24.9 Å². The van der Waals surface area contributed by atoms with Gasteiger partial charge < -0.3 is 10.3 Å². The topological polar surface area (TPSA) is 65.2 Å². The quantitative estimate of drug-likeness (QED) is 0.716. The van der Waals surface area contributed by atoms with Gasteiger partial charge in [0.15, 0.2) is 0 Å². The summed E-state index contributed by atoms with van der Waals surface area (Å²) < 4.78 is 26.0. The molecule has 0 aliphatic rings. The van der Waals surface area contributed by atoms with Crippen LogP contribution in [-0.2, 0) is 16.6 Å². The zero-order valence-electron chi connectivity index (χ0n) is 12.2. The molecule has 0 amide bonds. The van der Waals surface area contributed by atoms with Crippen molar-refractivity contribution in [2.75, 3.05) is 20.1 Å². The Morgan fingerprint density at radius 3 is 2.68 bits per heavy atom. The number of sulfonamides is 1. The highest BCUT2D eigenvalue weighted by Crippen LogP contribution is 2.16. The van der Waals surface area contributed by atoms with Crippen molar-refractivity contribution in [1.82, 2.24) is 14.6 Å². The summed E-state index contributed by atoms with van der Waals surface area (Å²) in [7, 11) is -1.75. The zero-order chi connectivity index (χ0) is 14.5. The highest BCUT2D eigenvalue weighted by atomic mass is 32.2. The fourth-order valence-corrected chi connectivity index (χ4v) is 3.22. The maximum Gasteiger partial charge on any atom is 0.244 e. The Labute approximate surface area is 116 Å². The van der Waals surface area contributed by atoms with Gasteiger partial charge >= 0.3 is 0 Å². The Morgan fingerprint density at radius 1 is 1.42 bits per heavy atom. The first-order valence-electron chi connectivity index (χ1n) is 6.72. The standard InChI is InChI=1S/C13H25N3O2S/c1-5-6-14-8-12-7-13(9-15-12)19(17,18)16(4)10-11(2)3/h7,9,11,14-15H,5-6,8,10H2,1-4H3. The molecule has 1 heterocycles. The summed E-state index contributed by atoms with van der Waals surface area (Å²) in [5, 5.41) is 3.24. The zero-order valence-corrected chi connectivity index (χ0v) is 13.0. The van der Waals surface area contributed by atoms with Crippen LogP contribution in [0.25, 0.3) is 0 Å². The average Bonchev–Trinajstić information content (AvgIpc) is 2.78. The Balaban J connectivity index is 2.73. The van der Waals surface area contributed by atoms with Gasteiger partial charge in [0.05, 0.1) is 4.90 Å². The van der Waals surface area contributed by atoms with Crippen LogP contribution in [0, 0.1) is 5.92 Å². The first kappa shape index (κ1) is 16.2. The molecule has 0 saturated heterocycles. The van der Waals surface area contributed by atoms with Crippen molar-refractivity contribution in [2.45, 2.75) is 38.6 Å². The fraction of sp³-hybridized carbons (Fsp3) is 0.692. The molecule has 0 aliphatic heterocycles. The van der Waals surface area contributed by atoms with E-state index in [9.17, 15) is 8.42 Å². The molecule has 1 aromatic rings. The maximum absolute atomic E-state index is 12.3. The number of rotatable bonds is 8. The van der Waals surface area contributed by atoms with E-state index in [2.05, 4.69) is 17.2 Å². The molecule has 0 unspecified atom stereocenters. The van der Waals surface area contributed by atoms with E-state index in [1.54, 1.807) is 19.3 Å².